The van der Waals surface area contributed by atoms with Gasteiger partial charge in [0, 0.05) is 24.5 Å². The second-order valence-electron chi connectivity index (χ2n) is 5.93. The highest BCUT2D eigenvalue weighted by atomic mass is 35.5. The van der Waals surface area contributed by atoms with Gasteiger partial charge in [0.05, 0.1) is 0 Å². The lowest BCUT2D eigenvalue weighted by Crippen LogP contribution is -2.28. The third-order valence-corrected chi connectivity index (χ3v) is 4.99. The number of amides is 1. The van der Waals surface area contributed by atoms with Crippen LogP contribution in [0, 0.1) is 5.92 Å². The van der Waals surface area contributed by atoms with Crippen molar-refractivity contribution >= 4 is 48.2 Å². The Labute approximate surface area is 171 Å². The Hall–Kier alpha value is -1.34. The standard InChI is InChI=1S/C18H22N4OS.2ClH/c23-16(5-4-14-6-10-19-11-7-14)22-15-8-12-21-18(13-15)24-17-3-1-2-9-20-17;;/h1-3,8-9,12-14,19H,4-7,10-11H2,(H,21,22,23);2*1H. The molecule has 0 radical (unpaired) electrons. The molecule has 1 aliphatic heterocycles. The molecule has 8 heteroatoms. The first-order valence-corrected chi connectivity index (χ1v) is 9.17. The Bertz CT molecular complexity index is 669. The number of carbonyl (C=O) groups excluding carboxylic acids is 1. The monoisotopic (exact) mass is 414 g/mol. The van der Waals surface area contributed by atoms with Gasteiger partial charge in [0.1, 0.15) is 10.1 Å². The highest BCUT2D eigenvalue weighted by Crippen LogP contribution is 2.25. The van der Waals surface area contributed by atoms with Crippen LogP contribution in [0.5, 0.6) is 0 Å². The van der Waals surface area contributed by atoms with E-state index in [4.69, 9.17) is 0 Å². The Morgan fingerprint density at radius 3 is 2.62 bits per heavy atom. The molecule has 0 aliphatic carbocycles. The van der Waals surface area contributed by atoms with Gasteiger partial charge >= 0.3 is 0 Å². The van der Waals surface area contributed by atoms with E-state index in [0.29, 0.717) is 12.3 Å². The third-order valence-electron chi connectivity index (χ3n) is 4.10. The van der Waals surface area contributed by atoms with Crippen molar-refractivity contribution in [1.82, 2.24) is 15.3 Å². The Kier molecular flexibility index (Phi) is 10.6. The molecule has 1 saturated heterocycles. The number of piperidine rings is 1. The molecule has 26 heavy (non-hydrogen) atoms. The fraction of sp³-hybridized carbons (Fsp3) is 0.389. The molecule has 0 atom stereocenters. The molecule has 2 aromatic rings. The summed E-state index contributed by atoms with van der Waals surface area (Å²) in [5.74, 6) is 0.748. The lowest BCUT2D eigenvalue weighted by molar-refractivity contribution is -0.116. The van der Waals surface area contributed by atoms with Crippen LogP contribution in [0.4, 0.5) is 5.69 Å². The molecule has 1 fully saturated rings. The lowest BCUT2D eigenvalue weighted by Gasteiger charge is -2.22. The second-order valence-corrected chi connectivity index (χ2v) is 6.97. The molecular formula is C18H24Cl2N4OS. The lowest BCUT2D eigenvalue weighted by atomic mass is 9.93. The Balaban J connectivity index is 0.00000169. The molecule has 142 valence electrons. The van der Waals surface area contributed by atoms with Crippen LogP contribution in [-0.2, 0) is 4.79 Å². The number of nitrogens with one attached hydrogen (secondary N) is 2. The minimum atomic E-state index is 0. The normalized spacial score (nSPS) is 14.0. The number of aromatic nitrogens is 2. The molecule has 0 unspecified atom stereocenters. The number of pyridine rings is 2. The van der Waals surface area contributed by atoms with Crippen molar-refractivity contribution < 1.29 is 4.79 Å². The number of rotatable bonds is 6. The average molecular weight is 415 g/mol. The van der Waals surface area contributed by atoms with Gasteiger partial charge in [0.25, 0.3) is 0 Å². The summed E-state index contributed by atoms with van der Waals surface area (Å²) < 4.78 is 0. The zero-order chi connectivity index (χ0) is 16.6. The van der Waals surface area contributed by atoms with E-state index in [9.17, 15) is 4.79 Å². The van der Waals surface area contributed by atoms with Gasteiger partial charge < -0.3 is 10.6 Å². The SMILES string of the molecule is Cl.Cl.O=C(CCC1CCNCC1)Nc1ccnc(Sc2ccccn2)c1. The summed E-state index contributed by atoms with van der Waals surface area (Å²) in [5.41, 5.74) is 0.791. The van der Waals surface area contributed by atoms with E-state index in [1.165, 1.54) is 24.6 Å². The average Bonchev–Trinajstić information content (AvgIpc) is 2.62. The molecule has 0 spiro atoms. The fourth-order valence-corrected chi connectivity index (χ4v) is 3.56. The van der Waals surface area contributed by atoms with E-state index in [1.807, 2.05) is 30.3 Å². The predicted octanol–water partition coefficient (Wildman–Crippen LogP) is 4.19. The van der Waals surface area contributed by atoms with Gasteiger partial charge in [-0.2, -0.15) is 0 Å². The van der Waals surface area contributed by atoms with Crippen LogP contribution in [-0.4, -0.2) is 29.0 Å². The fourth-order valence-electron chi connectivity index (χ4n) is 2.79. The molecule has 1 amide bonds. The Morgan fingerprint density at radius 2 is 1.88 bits per heavy atom. The molecule has 3 heterocycles. The zero-order valence-corrected chi connectivity index (χ0v) is 16.8. The topological polar surface area (TPSA) is 66.9 Å². The minimum absolute atomic E-state index is 0. The van der Waals surface area contributed by atoms with Crippen molar-refractivity contribution in [1.29, 1.82) is 0 Å². The van der Waals surface area contributed by atoms with E-state index in [-0.39, 0.29) is 30.7 Å². The highest BCUT2D eigenvalue weighted by molar-refractivity contribution is 7.99. The van der Waals surface area contributed by atoms with Crippen LogP contribution in [0.3, 0.4) is 0 Å². The maximum absolute atomic E-state index is 12.2. The van der Waals surface area contributed by atoms with Crippen molar-refractivity contribution in [2.24, 2.45) is 5.92 Å². The molecule has 0 saturated carbocycles. The maximum Gasteiger partial charge on any atom is 0.224 e. The van der Waals surface area contributed by atoms with Crippen molar-refractivity contribution in [3.8, 4) is 0 Å². The van der Waals surface area contributed by atoms with E-state index < -0.39 is 0 Å². The van der Waals surface area contributed by atoms with Crippen molar-refractivity contribution in [2.45, 2.75) is 35.7 Å². The summed E-state index contributed by atoms with van der Waals surface area (Å²) >= 11 is 1.48. The van der Waals surface area contributed by atoms with Gasteiger partial charge in [-0.3, -0.25) is 4.79 Å². The smallest absolute Gasteiger partial charge is 0.224 e. The number of anilines is 1. The van der Waals surface area contributed by atoms with Crippen molar-refractivity contribution in [3.63, 3.8) is 0 Å². The van der Waals surface area contributed by atoms with Gasteiger partial charge in [-0.1, -0.05) is 17.8 Å². The first kappa shape index (κ1) is 22.7. The van der Waals surface area contributed by atoms with Crippen LogP contribution in [0.25, 0.3) is 0 Å². The number of nitrogens with zero attached hydrogens (tertiary/aromatic N) is 2. The minimum Gasteiger partial charge on any atom is -0.326 e. The number of hydrogen-bond donors (Lipinski definition) is 2. The van der Waals surface area contributed by atoms with Gasteiger partial charge in [-0.05, 0) is 62.5 Å². The predicted molar refractivity (Wildman–Crippen MR) is 111 cm³/mol. The zero-order valence-electron chi connectivity index (χ0n) is 14.4. The van der Waals surface area contributed by atoms with E-state index >= 15 is 0 Å². The van der Waals surface area contributed by atoms with Gasteiger partial charge in [-0.15, -0.1) is 24.8 Å². The number of halogens is 2. The molecule has 2 N–H and O–H groups in total. The van der Waals surface area contributed by atoms with Crippen LogP contribution < -0.4 is 10.6 Å². The summed E-state index contributed by atoms with van der Waals surface area (Å²) in [6.07, 6.45) is 7.37. The van der Waals surface area contributed by atoms with Gasteiger partial charge in [-0.25, -0.2) is 9.97 Å². The van der Waals surface area contributed by atoms with Crippen molar-refractivity contribution in [2.75, 3.05) is 18.4 Å². The second kappa shape index (κ2) is 12.1. The van der Waals surface area contributed by atoms with E-state index in [1.54, 1.807) is 12.4 Å². The van der Waals surface area contributed by atoms with Crippen LogP contribution in [0.15, 0.2) is 52.8 Å². The van der Waals surface area contributed by atoms with Crippen molar-refractivity contribution in [3.05, 3.63) is 42.7 Å². The number of carbonyl (C=O) groups is 1. The molecule has 5 nitrogen and oxygen atoms in total. The summed E-state index contributed by atoms with van der Waals surface area (Å²) in [7, 11) is 0. The Morgan fingerprint density at radius 1 is 1.12 bits per heavy atom. The molecule has 0 bridgehead atoms. The summed E-state index contributed by atoms with van der Waals surface area (Å²) in [4.78, 5) is 20.8. The molecule has 1 aliphatic rings. The highest BCUT2D eigenvalue weighted by Gasteiger charge is 2.14. The largest absolute Gasteiger partial charge is 0.326 e. The van der Waals surface area contributed by atoms with E-state index in [2.05, 4.69) is 20.6 Å². The third kappa shape index (κ3) is 7.50. The quantitative estimate of drug-likeness (QED) is 0.741. The molecular weight excluding hydrogens is 391 g/mol. The molecule has 3 rings (SSSR count). The summed E-state index contributed by atoms with van der Waals surface area (Å²) in [6.45, 7) is 2.15. The van der Waals surface area contributed by atoms with E-state index in [0.717, 1.165) is 35.2 Å². The summed E-state index contributed by atoms with van der Waals surface area (Å²) in [6, 6.07) is 9.49. The van der Waals surface area contributed by atoms with Gasteiger partial charge in [0.15, 0.2) is 0 Å². The van der Waals surface area contributed by atoms with Gasteiger partial charge in [0.2, 0.25) is 5.91 Å². The van der Waals surface area contributed by atoms with Crippen LogP contribution >= 0.6 is 36.6 Å². The number of hydrogen-bond acceptors (Lipinski definition) is 5. The summed E-state index contributed by atoms with van der Waals surface area (Å²) in [5, 5.41) is 8.05. The first-order chi connectivity index (χ1) is 11.8. The first-order valence-electron chi connectivity index (χ1n) is 8.35. The molecule has 0 aromatic carbocycles. The van der Waals surface area contributed by atoms with Crippen LogP contribution in [0.1, 0.15) is 25.7 Å². The van der Waals surface area contributed by atoms with Crippen LogP contribution in [0.2, 0.25) is 0 Å². The maximum atomic E-state index is 12.2. The molecule has 2 aromatic heterocycles.